The van der Waals surface area contributed by atoms with Crippen molar-refractivity contribution in [2.75, 3.05) is 6.61 Å². The number of hydrogen-bond donors (Lipinski definition) is 1. The van der Waals surface area contributed by atoms with Crippen LogP contribution >= 0.6 is 0 Å². The molecule has 0 aromatic rings. The number of epoxide rings is 1. The molecule has 1 saturated carbocycles. The second-order valence-electron chi connectivity index (χ2n) is 5.21. The lowest BCUT2D eigenvalue weighted by molar-refractivity contribution is -0.164. The van der Waals surface area contributed by atoms with Crippen molar-refractivity contribution in [2.45, 2.75) is 44.3 Å². The highest BCUT2D eigenvalue weighted by Gasteiger charge is 2.40. The standard InChI is InChI=1S/C14H20O5/c1-2-5-11(12-8-18-12)19-14(17)10-7-4-3-6-9(10)13(15)16/h2,9-12H,1,3-8H2,(H,15,16). The molecule has 2 rings (SSSR count). The molecule has 1 heterocycles. The average Bonchev–Trinajstić information content (AvgIpc) is 3.22. The molecule has 0 spiro atoms. The predicted molar refractivity (Wildman–Crippen MR) is 67.5 cm³/mol. The number of carboxylic acids is 1. The van der Waals surface area contributed by atoms with Crippen LogP contribution < -0.4 is 0 Å². The van der Waals surface area contributed by atoms with Gasteiger partial charge in [0.05, 0.1) is 18.4 Å². The molecule has 5 heteroatoms. The smallest absolute Gasteiger partial charge is 0.310 e. The molecular formula is C14H20O5. The fourth-order valence-corrected chi connectivity index (χ4v) is 2.66. The Balaban J connectivity index is 1.96. The molecule has 0 amide bonds. The maximum atomic E-state index is 12.2. The summed E-state index contributed by atoms with van der Waals surface area (Å²) in [5.74, 6) is -2.41. The fraction of sp³-hybridized carbons (Fsp3) is 0.714. The summed E-state index contributed by atoms with van der Waals surface area (Å²) in [5, 5.41) is 9.17. The van der Waals surface area contributed by atoms with Gasteiger partial charge in [-0.1, -0.05) is 18.9 Å². The molecule has 0 bridgehead atoms. The van der Waals surface area contributed by atoms with Crippen LogP contribution in [-0.4, -0.2) is 35.9 Å². The first kappa shape index (κ1) is 14.1. The van der Waals surface area contributed by atoms with Crippen molar-refractivity contribution < 1.29 is 24.2 Å². The van der Waals surface area contributed by atoms with Crippen molar-refractivity contribution in [1.29, 1.82) is 0 Å². The molecular weight excluding hydrogens is 248 g/mol. The van der Waals surface area contributed by atoms with E-state index in [1.54, 1.807) is 6.08 Å². The van der Waals surface area contributed by atoms with E-state index in [4.69, 9.17) is 14.6 Å². The van der Waals surface area contributed by atoms with Gasteiger partial charge in [0.2, 0.25) is 0 Å². The Bertz CT molecular complexity index is 361. The normalized spacial score (nSPS) is 31.3. The Kier molecular flexibility index (Phi) is 4.58. The minimum absolute atomic E-state index is 0.0474. The zero-order chi connectivity index (χ0) is 13.8. The molecule has 5 nitrogen and oxygen atoms in total. The van der Waals surface area contributed by atoms with E-state index in [0.29, 0.717) is 25.9 Å². The number of rotatable bonds is 6. The third kappa shape index (κ3) is 3.56. The molecule has 4 atom stereocenters. The molecule has 1 aliphatic heterocycles. The van der Waals surface area contributed by atoms with Gasteiger partial charge in [-0.25, -0.2) is 0 Å². The van der Waals surface area contributed by atoms with Gasteiger partial charge in [-0.05, 0) is 12.8 Å². The van der Waals surface area contributed by atoms with Gasteiger partial charge in [-0.15, -0.1) is 6.58 Å². The largest absolute Gasteiger partial charge is 0.481 e. The summed E-state index contributed by atoms with van der Waals surface area (Å²) in [7, 11) is 0. The van der Waals surface area contributed by atoms with Gasteiger partial charge in [0.25, 0.3) is 0 Å². The van der Waals surface area contributed by atoms with Crippen molar-refractivity contribution in [3.05, 3.63) is 12.7 Å². The van der Waals surface area contributed by atoms with E-state index >= 15 is 0 Å². The highest BCUT2D eigenvalue weighted by molar-refractivity contribution is 5.81. The van der Waals surface area contributed by atoms with E-state index < -0.39 is 23.8 Å². The minimum atomic E-state index is -0.899. The summed E-state index contributed by atoms with van der Waals surface area (Å²) in [6.45, 7) is 4.23. The number of hydrogen-bond acceptors (Lipinski definition) is 4. The van der Waals surface area contributed by atoms with Crippen molar-refractivity contribution >= 4 is 11.9 Å². The van der Waals surface area contributed by atoms with Crippen molar-refractivity contribution in [3.63, 3.8) is 0 Å². The lowest BCUT2D eigenvalue weighted by Crippen LogP contribution is -2.36. The Hall–Kier alpha value is -1.36. The minimum Gasteiger partial charge on any atom is -0.481 e. The molecule has 0 aromatic heterocycles. The van der Waals surface area contributed by atoms with Crippen LogP contribution in [0.15, 0.2) is 12.7 Å². The molecule has 19 heavy (non-hydrogen) atoms. The van der Waals surface area contributed by atoms with E-state index in [1.165, 1.54) is 0 Å². The van der Waals surface area contributed by atoms with Crippen molar-refractivity contribution in [2.24, 2.45) is 11.8 Å². The van der Waals surface area contributed by atoms with E-state index in [9.17, 15) is 9.59 Å². The highest BCUT2D eigenvalue weighted by atomic mass is 16.6. The number of esters is 1. The second kappa shape index (κ2) is 6.19. The Morgan fingerprint density at radius 2 is 2.00 bits per heavy atom. The molecule has 1 aliphatic carbocycles. The number of carbonyl (C=O) groups is 2. The molecule has 2 fully saturated rings. The molecule has 1 saturated heterocycles. The molecule has 106 valence electrons. The van der Waals surface area contributed by atoms with Gasteiger partial charge in [-0.3, -0.25) is 9.59 Å². The lowest BCUT2D eigenvalue weighted by atomic mass is 9.79. The number of carbonyl (C=O) groups excluding carboxylic acids is 1. The highest BCUT2D eigenvalue weighted by Crippen LogP contribution is 2.32. The van der Waals surface area contributed by atoms with Gasteiger partial charge in [0, 0.05) is 6.42 Å². The Morgan fingerprint density at radius 3 is 2.53 bits per heavy atom. The Labute approximate surface area is 112 Å². The van der Waals surface area contributed by atoms with Crippen LogP contribution in [0.2, 0.25) is 0 Å². The molecule has 2 aliphatic rings. The number of aliphatic carboxylic acids is 1. The van der Waals surface area contributed by atoms with Crippen LogP contribution in [0.25, 0.3) is 0 Å². The van der Waals surface area contributed by atoms with E-state index in [0.717, 1.165) is 12.8 Å². The number of ether oxygens (including phenoxy) is 2. The summed E-state index contributed by atoms with van der Waals surface area (Å²) in [4.78, 5) is 23.3. The van der Waals surface area contributed by atoms with Gasteiger partial charge in [0.15, 0.2) is 0 Å². The van der Waals surface area contributed by atoms with Gasteiger partial charge >= 0.3 is 11.9 Å². The van der Waals surface area contributed by atoms with E-state index in [2.05, 4.69) is 6.58 Å². The topological polar surface area (TPSA) is 76.1 Å². The zero-order valence-corrected chi connectivity index (χ0v) is 10.9. The molecule has 0 radical (unpaired) electrons. The average molecular weight is 268 g/mol. The van der Waals surface area contributed by atoms with E-state index in [-0.39, 0.29) is 12.2 Å². The summed E-state index contributed by atoms with van der Waals surface area (Å²) in [6, 6.07) is 0. The summed E-state index contributed by atoms with van der Waals surface area (Å²) in [6.07, 6.45) is 4.77. The van der Waals surface area contributed by atoms with Crippen molar-refractivity contribution in [3.8, 4) is 0 Å². The first-order valence-electron chi connectivity index (χ1n) is 6.79. The van der Waals surface area contributed by atoms with Crippen LogP contribution in [0.3, 0.4) is 0 Å². The predicted octanol–water partition coefficient (Wildman–Crippen LogP) is 1.76. The quantitative estimate of drug-likeness (QED) is 0.451. The second-order valence-corrected chi connectivity index (χ2v) is 5.21. The zero-order valence-electron chi connectivity index (χ0n) is 10.9. The first-order valence-corrected chi connectivity index (χ1v) is 6.79. The molecule has 4 unspecified atom stereocenters. The summed E-state index contributed by atoms with van der Waals surface area (Å²) >= 11 is 0. The van der Waals surface area contributed by atoms with Gasteiger partial charge in [-0.2, -0.15) is 0 Å². The maximum absolute atomic E-state index is 12.2. The first-order chi connectivity index (χ1) is 9.13. The van der Waals surface area contributed by atoms with E-state index in [1.807, 2.05) is 0 Å². The fourth-order valence-electron chi connectivity index (χ4n) is 2.66. The van der Waals surface area contributed by atoms with Crippen LogP contribution in [0.4, 0.5) is 0 Å². The molecule has 0 aromatic carbocycles. The summed E-state index contributed by atoms with van der Waals surface area (Å²) < 4.78 is 10.6. The molecule has 1 N–H and O–H groups in total. The third-order valence-corrected chi connectivity index (χ3v) is 3.83. The Morgan fingerprint density at radius 1 is 1.37 bits per heavy atom. The summed E-state index contributed by atoms with van der Waals surface area (Å²) in [5.41, 5.74) is 0. The monoisotopic (exact) mass is 268 g/mol. The third-order valence-electron chi connectivity index (χ3n) is 3.83. The lowest BCUT2D eigenvalue weighted by Gasteiger charge is -2.28. The number of carboxylic acid groups (broad SMARTS) is 1. The maximum Gasteiger partial charge on any atom is 0.310 e. The van der Waals surface area contributed by atoms with Crippen LogP contribution in [0.5, 0.6) is 0 Å². The van der Waals surface area contributed by atoms with Crippen LogP contribution in [0, 0.1) is 11.8 Å². The SMILES string of the molecule is C=CCC(OC(=O)C1CCCCC1C(=O)O)C1CO1. The van der Waals surface area contributed by atoms with Gasteiger partial charge < -0.3 is 14.6 Å². The van der Waals surface area contributed by atoms with Crippen LogP contribution in [-0.2, 0) is 19.1 Å². The van der Waals surface area contributed by atoms with Crippen molar-refractivity contribution in [1.82, 2.24) is 0 Å². The van der Waals surface area contributed by atoms with Crippen LogP contribution in [0.1, 0.15) is 32.1 Å². The van der Waals surface area contributed by atoms with Gasteiger partial charge in [0.1, 0.15) is 12.2 Å².